The van der Waals surface area contributed by atoms with Crippen LogP contribution in [0.2, 0.25) is 0 Å². The van der Waals surface area contributed by atoms with Crippen molar-refractivity contribution >= 4 is 11.8 Å². The standard InChI is InChI=1S/C13H20F3N3O2/c14-13(15,16)7-19-6-5-10(12(19)21)18-9-4-2-1-3-8(9)11(17)20/h8-10,18H,1-7H2,(H2,17,20)/t8-,9+,10-/m1/s1. The van der Waals surface area contributed by atoms with E-state index in [1.807, 2.05) is 0 Å². The summed E-state index contributed by atoms with van der Waals surface area (Å²) >= 11 is 0. The minimum absolute atomic E-state index is 0.0873. The highest BCUT2D eigenvalue weighted by Crippen LogP contribution is 2.26. The smallest absolute Gasteiger partial charge is 0.369 e. The van der Waals surface area contributed by atoms with E-state index >= 15 is 0 Å². The lowest BCUT2D eigenvalue weighted by Gasteiger charge is -2.32. The lowest BCUT2D eigenvalue weighted by molar-refractivity contribution is -0.158. The van der Waals surface area contributed by atoms with Gasteiger partial charge >= 0.3 is 6.18 Å². The van der Waals surface area contributed by atoms with Gasteiger partial charge in [0.15, 0.2) is 0 Å². The zero-order valence-electron chi connectivity index (χ0n) is 11.7. The Labute approximate surface area is 121 Å². The number of rotatable bonds is 4. The van der Waals surface area contributed by atoms with E-state index in [-0.39, 0.29) is 18.5 Å². The van der Waals surface area contributed by atoms with Crippen LogP contribution in [0.5, 0.6) is 0 Å². The molecule has 2 aliphatic rings. The molecule has 1 aliphatic carbocycles. The number of nitrogens with two attached hydrogens (primary N) is 1. The van der Waals surface area contributed by atoms with Crippen LogP contribution in [0.1, 0.15) is 32.1 Å². The number of amides is 2. The Morgan fingerprint density at radius 3 is 2.57 bits per heavy atom. The number of carbonyl (C=O) groups is 2. The quantitative estimate of drug-likeness (QED) is 0.806. The first-order valence-corrected chi connectivity index (χ1v) is 7.19. The van der Waals surface area contributed by atoms with Crippen molar-refractivity contribution in [3.05, 3.63) is 0 Å². The highest BCUT2D eigenvalue weighted by Gasteiger charge is 2.41. The lowest BCUT2D eigenvalue weighted by Crippen LogP contribution is -2.51. The molecule has 1 saturated heterocycles. The fraction of sp³-hybridized carbons (Fsp3) is 0.846. The van der Waals surface area contributed by atoms with Gasteiger partial charge in [0, 0.05) is 12.6 Å². The molecule has 1 saturated carbocycles. The van der Waals surface area contributed by atoms with Gasteiger partial charge in [0.25, 0.3) is 0 Å². The molecule has 0 aromatic carbocycles. The molecule has 2 fully saturated rings. The number of nitrogens with one attached hydrogen (secondary N) is 1. The van der Waals surface area contributed by atoms with Crippen molar-refractivity contribution in [2.45, 2.75) is 50.4 Å². The Kier molecular flexibility index (Phi) is 4.75. The molecule has 2 amide bonds. The van der Waals surface area contributed by atoms with Crippen LogP contribution in [-0.2, 0) is 9.59 Å². The van der Waals surface area contributed by atoms with Crippen molar-refractivity contribution < 1.29 is 22.8 Å². The predicted octanol–water partition coefficient (Wildman–Crippen LogP) is 0.783. The maximum atomic E-state index is 12.4. The van der Waals surface area contributed by atoms with Gasteiger partial charge < -0.3 is 16.0 Å². The van der Waals surface area contributed by atoms with E-state index in [9.17, 15) is 22.8 Å². The Bertz CT molecular complexity index is 414. The van der Waals surface area contributed by atoms with Crippen LogP contribution in [-0.4, -0.2) is 48.1 Å². The van der Waals surface area contributed by atoms with Crippen molar-refractivity contribution in [1.29, 1.82) is 0 Å². The van der Waals surface area contributed by atoms with Crippen molar-refractivity contribution in [3.8, 4) is 0 Å². The van der Waals surface area contributed by atoms with Crippen LogP contribution in [0.3, 0.4) is 0 Å². The first-order chi connectivity index (χ1) is 9.78. The number of halogens is 3. The molecule has 0 unspecified atom stereocenters. The number of primary amides is 1. The third-order valence-electron chi connectivity index (χ3n) is 4.21. The van der Waals surface area contributed by atoms with Crippen LogP contribution in [0.4, 0.5) is 13.2 Å². The van der Waals surface area contributed by atoms with Gasteiger partial charge in [-0.3, -0.25) is 9.59 Å². The van der Waals surface area contributed by atoms with Gasteiger partial charge in [-0.05, 0) is 19.3 Å². The van der Waals surface area contributed by atoms with Crippen molar-refractivity contribution in [2.75, 3.05) is 13.1 Å². The molecule has 2 rings (SSSR count). The van der Waals surface area contributed by atoms with E-state index in [4.69, 9.17) is 5.73 Å². The molecule has 3 N–H and O–H groups in total. The monoisotopic (exact) mass is 307 g/mol. The second kappa shape index (κ2) is 6.21. The molecule has 8 heteroatoms. The zero-order chi connectivity index (χ0) is 15.6. The lowest BCUT2D eigenvalue weighted by atomic mass is 9.83. The SMILES string of the molecule is NC(=O)[C@@H]1CCCC[C@@H]1N[C@@H]1CCN(CC(F)(F)F)C1=O. The molecule has 3 atom stereocenters. The molecule has 5 nitrogen and oxygen atoms in total. The van der Waals surface area contributed by atoms with Gasteiger partial charge in [-0.25, -0.2) is 0 Å². The minimum atomic E-state index is -4.38. The van der Waals surface area contributed by atoms with E-state index in [1.165, 1.54) is 0 Å². The highest BCUT2D eigenvalue weighted by atomic mass is 19.4. The fourth-order valence-corrected chi connectivity index (χ4v) is 3.20. The van der Waals surface area contributed by atoms with Crippen LogP contribution < -0.4 is 11.1 Å². The zero-order valence-corrected chi connectivity index (χ0v) is 11.7. The van der Waals surface area contributed by atoms with E-state index in [0.29, 0.717) is 12.8 Å². The van der Waals surface area contributed by atoms with E-state index < -0.39 is 30.6 Å². The molecule has 0 radical (unpaired) electrons. The molecule has 0 spiro atoms. The summed E-state index contributed by atoms with van der Waals surface area (Å²) in [6, 6.07) is -0.853. The Balaban J connectivity index is 1.94. The Hall–Kier alpha value is -1.31. The first kappa shape index (κ1) is 16.1. The number of likely N-dealkylation sites (tertiary alicyclic amines) is 1. The minimum Gasteiger partial charge on any atom is -0.369 e. The molecule has 0 aromatic rings. The predicted molar refractivity (Wildman–Crippen MR) is 69.1 cm³/mol. The van der Waals surface area contributed by atoms with E-state index in [0.717, 1.165) is 24.2 Å². The van der Waals surface area contributed by atoms with Gasteiger partial charge in [0.1, 0.15) is 6.54 Å². The van der Waals surface area contributed by atoms with Crippen molar-refractivity contribution in [1.82, 2.24) is 10.2 Å². The van der Waals surface area contributed by atoms with Crippen LogP contribution in [0, 0.1) is 5.92 Å². The van der Waals surface area contributed by atoms with Gasteiger partial charge in [-0.2, -0.15) is 13.2 Å². The Morgan fingerprint density at radius 2 is 1.95 bits per heavy atom. The second-order valence-electron chi connectivity index (χ2n) is 5.78. The molecule has 120 valence electrons. The van der Waals surface area contributed by atoms with Gasteiger partial charge in [-0.15, -0.1) is 0 Å². The van der Waals surface area contributed by atoms with Crippen LogP contribution in [0.15, 0.2) is 0 Å². The van der Waals surface area contributed by atoms with Crippen molar-refractivity contribution in [2.24, 2.45) is 11.7 Å². The topological polar surface area (TPSA) is 75.4 Å². The molecule has 1 aliphatic heterocycles. The summed E-state index contributed by atoms with van der Waals surface area (Å²) in [5.41, 5.74) is 5.35. The number of nitrogens with zero attached hydrogens (tertiary/aromatic N) is 1. The third-order valence-corrected chi connectivity index (χ3v) is 4.21. The number of hydrogen-bond acceptors (Lipinski definition) is 3. The van der Waals surface area contributed by atoms with Crippen LogP contribution >= 0.6 is 0 Å². The first-order valence-electron chi connectivity index (χ1n) is 7.19. The average molecular weight is 307 g/mol. The summed E-state index contributed by atoms with van der Waals surface area (Å²) in [6.07, 6.45) is -0.835. The average Bonchev–Trinajstić information content (AvgIpc) is 2.70. The van der Waals surface area contributed by atoms with Crippen molar-refractivity contribution in [3.63, 3.8) is 0 Å². The molecular formula is C13H20F3N3O2. The van der Waals surface area contributed by atoms with E-state index in [2.05, 4.69) is 5.32 Å². The molecule has 0 bridgehead atoms. The largest absolute Gasteiger partial charge is 0.406 e. The second-order valence-corrected chi connectivity index (χ2v) is 5.78. The molecule has 0 aromatic heterocycles. The van der Waals surface area contributed by atoms with Gasteiger partial charge in [0.2, 0.25) is 11.8 Å². The highest BCUT2D eigenvalue weighted by molar-refractivity contribution is 5.84. The maximum absolute atomic E-state index is 12.4. The summed E-state index contributed by atoms with van der Waals surface area (Å²) in [5.74, 6) is -1.30. The fourth-order valence-electron chi connectivity index (χ4n) is 3.20. The summed E-state index contributed by atoms with van der Waals surface area (Å²) in [6.45, 7) is -1.13. The van der Waals surface area contributed by atoms with E-state index in [1.54, 1.807) is 0 Å². The van der Waals surface area contributed by atoms with Gasteiger partial charge in [0.05, 0.1) is 12.0 Å². The summed E-state index contributed by atoms with van der Waals surface area (Å²) in [7, 11) is 0. The summed E-state index contributed by atoms with van der Waals surface area (Å²) in [5, 5.41) is 3.06. The van der Waals surface area contributed by atoms with Crippen LogP contribution in [0.25, 0.3) is 0 Å². The molecule has 21 heavy (non-hydrogen) atoms. The normalized spacial score (nSPS) is 30.7. The molecular weight excluding hydrogens is 287 g/mol. The number of carbonyl (C=O) groups excluding carboxylic acids is 2. The Morgan fingerprint density at radius 1 is 1.29 bits per heavy atom. The van der Waals surface area contributed by atoms with Gasteiger partial charge in [-0.1, -0.05) is 12.8 Å². The summed E-state index contributed by atoms with van der Waals surface area (Å²) in [4.78, 5) is 24.2. The summed E-state index contributed by atoms with van der Waals surface area (Å²) < 4.78 is 37.1. The number of alkyl halides is 3. The maximum Gasteiger partial charge on any atom is 0.406 e. The third kappa shape index (κ3) is 4.09. The number of hydrogen-bond donors (Lipinski definition) is 2. The molecule has 1 heterocycles.